The Bertz CT molecular complexity index is 431. The molecule has 0 bridgehead atoms. The molecular formula is C13H16O4S. The molecule has 0 unspecified atom stereocenters. The van der Waals surface area contributed by atoms with E-state index in [1.54, 1.807) is 25.1 Å². The lowest BCUT2D eigenvalue weighted by atomic mass is 10.1. The van der Waals surface area contributed by atoms with E-state index >= 15 is 0 Å². The van der Waals surface area contributed by atoms with Gasteiger partial charge in [-0.2, -0.15) is 0 Å². The lowest BCUT2D eigenvalue weighted by Gasteiger charge is -2.16. The molecule has 0 saturated carbocycles. The van der Waals surface area contributed by atoms with Crippen LogP contribution in [0.5, 0.6) is 5.75 Å². The minimum Gasteiger partial charge on any atom is -0.496 e. The molecule has 1 aromatic rings. The van der Waals surface area contributed by atoms with E-state index < -0.39 is 5.25 Å². The van der Waals surface area contributed by atoms with E-state index in [1.807, 2.05) is 6.26 Å². The maximum Gasteiger partial charge on any atom is 0.323 e. The van der Waals surface area contributed by atoms with Crippen molar-refractivity contribution in [2.45, 2.75) is 12.2 Å². The van der Waals surface area contributed by atoms with Crippen LogP contribution < -0.4 is 4.74 Å². The fourth-order valence-electron chi connectivity index (χ4n) is 1.60. The van der Waals surface area contributed by atoms with Gasteiger partial charge in [-0.3, -0.25) is 9.59 Å². The number of aldehydes is 1. The van der Waals surface area contributed by atoms with Crippen LogP contribution in [0.3, 0.4) is 0 Å². The van der Waals surface area contributed by atoms with Crippen LogP contribution in [0.25, 0.3) is 0 Å². The van der Waals surface area contributed by atoms with Crippen molar-refractivity contribution in [3.05, 3.63) is 29.3 Å². The lowest BCUT2D eigenvalue weighted by molar-refractivity contribution is -0.142. The highest BCUT2D eigenvalue weighted by molar-refractivity contribution is 7.99. The second-order valence-electron chi connectivity index (χ2n) is 3.49. The van der Waals surface area contributed by atoms with Gasteiger partial charge in [0.25, 0.3) is 0 Å². The second kappa shape index (κ2) is 7.06. The summed E-state index contributed by atoms with van der Waals surface area (Å²) in [5, 5.41) is -0.486. The molecule has 0 heterocycles. The number of benzene rings is 1. The number of hydrogen-bond donors (Lipinski definition) is 0. The zero-order chi connectivity index (χ0) is 13.5. The van der Waals surface area contributed by atoms with Crippen LogP contribution in [0.15, 0.2) is 18.2 Å². The van der Waals surface area contributed by atoms with Crippen LogP contribution in [0.4, 0.5) is 0 Å². The van der Waals surface area contributed by atoms with Gasteiger partial charge in [0.2, 0.25) is 0 Å². The molecule has 18 heavy (non-hydrogen) atoms. The third-order valence-electron chi connectivity index (χ3n) is 2.41. The zero-order valence-corrected chi connectivity index (χ0v) is 11.5. The van der Waals surface area contributed by atoms with Crippen LogP contribution >= 0.6 is 11.8 Å². The van der Waals surface area contributed by atoms with E-state index in [9.17, 15) is 9.59 Å². The van der Waals surface area contributed by atoms with Gasteiger partial charge in [0.15, 0.2) is 0 Å². The highest BCUT2D eigenvalue weighted by Gasteiger charge is 2.24. The van der Waals surface area contributed by atoms with Crippen molar-refractivity contribution in [3.63, 3.8) is 0 Å². The van der Waals surface area contributed by atoms with Gasteiger partial charge in [-0.15, -0.1) is 11.8 Å². The summed E-state index contributed by atoms with van der Waals surface area (Å²) in [5.74, 6) is 0.249. The van der Waals surface area contributed by atoms with E-state index in [2.05, 4.69) is 0 Å². The number of carbonyl (C=O) groups excluding carboxylic acids is 2. The minimum atomic E-state index is -0.486. The second-order valence-corrected chi connectivity index (χ2v) is 4.43. The Balaban J connectivity index is 3.17. The average Bonchev–Trinajstić information content (AvgIpc) is 2.39. The highest BCUT2D eigenvalue weighted by atomic mass is 32.2. The van der Waals surface area contributed by atoms with Crippen molar-refractivity contribution in [3.8, 4) is 5.75 Å². The van der Waals surface area contributed by atoms with E-state index in [1.165, 1.54) is 18.9 Å². The monoisotopic (exact) mass is 268 g/mol. The summed E-state index contributed by atoms with van der Waals surface area (Å²) in [5.41, 5.74) is 1.17. The Morgan fingerprint density at radius 1 is 1.50 bits per heavy atom. The van der Waals surface area contributed by atoms with Gasteiger partial charge in [-0.05, 0) is 31.4 Å². The number of hydrogen-bond acceptors (Lipinski definition) is 5. The summed E-state index contributed by atoms with van der Waals surface area (Å²) < 4.78 is 10.2. The topological polar surface area (TPSA) is 52.6 Å². The van der Waals surface area contributed by atoms with Crippen molar-refractivity contribution in [1.82, 2.24) is 0 Å². The first-order valence-corrected chi connectivity index (χ1v) is 6.79. The first-order valence-electron chi connectivity index (χ1n) is 5.50. The molecule has 1 atom stereocenters. The Kier molecular flexibility index (Phi) is 5.71. The third-order valence-corrected chi connectivity index (χ3v) is 3.33. The molecule has 0 fully saturated rings. The molecule has 0 radical (unpaired) electrons. The van der Waals surface area contributed by atoms with Gasteiger partial charge < -0.3 is 9.47 Å². The van der Waals surface area contributed by atoms with Gasteiger partial charge in [-0.1, -0.05) is 0 Å². The van der Waals surface area contributed by atoms with Gasteiger partial charge in [-0.25, -0.2) is 0 Å². The SMILES string of the molecule is CCOC(=O)[C@H](SC)c1cc(C=O)ccc1OC. The number of thioether (sulfide) groups is 1. The number of carbonyl (C=O) groups is 2. The van der Waals surface area contributed by atoms with E-state index in [4.69, 9.17) is 9.47 Å². The van der Waals surface area contributed by atoms with Crippen molar-refractivity contribution >= 4 is 24.0 Å². The summed E-state index contributed by atoms with van der Waals surface area (Å²) >= 11 is 1.35. The third kappa shape index (κ3) is 3.26. The maximum absolute atomic E-state index is 11.9. The van der Waals surface area contributed by atoms with Crippen LogP contribution in [-0.2, 0) is 9.53 Å². The fourth-order valence-corrected chi connectivity index (χ4v) is 2.30. The quantitative estimate of drug-likeness (QED) is 0.586. The van der Waals surface area contributed by atoms with E-state index in [0.29, 0.717) is 23.5 Å². The van der Waals surface area contributed by atoms with Crippen LogP contribution in [0, 0.1) is 0 Å². The molecule has 0 saturated heterocycles. The zero-order valence-electron chi connectivity index (χ0n) is 10.6. The van der Waals surface area contributed by atoms with Crippen LogP contribution in [0.1, 0.15) is 28.1 Å². The molecule has 1 aromatic carbocycles. The van der Waals surface area contributed by atoms with Crippen LogP contribution in [0.2, 0.25) is 0 Å². The van der Waals surface area contributed by atoms with Crippen molar-refractivity contribution < 1.29 is 19.1 Å². The number of esters is 1. The summed E-state index contributed by atoms with van der Waals surface area (Å²) in [6, 6.07) is 4.99. The fraction of sp³-hybridized carbons (Fsp3) is 0.385. The van der Waals surface area contributed by atoms with Gasteiger partial charge >= 0.3 is 5.97 Å². The minimum absolute atomic E-state index is 0.325. The molecule has 0 aliphatic carbocycles. The average molecular weight is 268 g/mol. The number of rotatable bonds is 6. The molecule has 0 aliphatic rings. The Labute approximate surface area is 111 Å². The molecule has 0 N–H and O–H groups in total. The summed E-state index contributed by atoms with van der Waals surface area (Å²) in [4.78, 5) is 22.7. The smallest absolute Gasteiger partial charge is 0.323 e. The molecule has 5 heteroatoms. The van der Waals surface area contributed by atoms with Crippen LogP contribution in [-0.4, -0.2) is 32.2 Å². The predicted octanol–water partition coefficient (Wildman–Crippen LogP) is 2.47. The molecule has 0 aliphatic heterocycles. The Hall–Kier alpha value is -1.49. The molecule has 98 valence electrons. The molecule has 0 amide bonds. The van der Waals surface area contributed by atoms with Gasteiger partial charge in [0, 0.05) is 11.1 Å². The van der Waals surface area contributed by atoms with Crippen molar-refractivity contribution in [1.29, 1.82) is 0 Å². The summed E-state index contributed by atoms with van der Waals surface area (Å²) in [6.07, 6.45) is 2.56. The van der Waals surface area contributed by atoms with Crippen molar-refractivity contribution in [2.24, 2.45) is 0 Å². The Morgan fingerprint density at radius 2 is 2.22 bits per heavy atom. The van der Waals surface area contributed by atoms with Gasteiger partial charge in [0.05, 0.1) is 13.7 Å². The van der Waals surface area contributed by atoms with Gasteiger partial charge in [0.1, 0.15) is 17.3 Å². The Morgan fingerprint density at radius 3 is 2.72 bits per heavy atom. The van der Waals surface area contributed by atoms with E-state index in [0.717, 1.165) is 6.29 Å². The maximum atomic E-state index is 11.9. The normalized spacial score (nSPS) is 11.7. The molecule has 0 spiro atoms. The summed E-state index contributed by atoms with van der Waals surface area (Å²) in [6.45, 7) is 2.08. The highest BCUT2D eigenvalue weighted by Crippen LogP contribution is 2.35. The molecule has 4 nitrogen and oxygen atoms in total. The molecular weight excluding hydrogens is 252 g/mol. The van der Waals surface area contributed by atoms with Crippen molar-refractivity contribution in [2.75, 3.05) is 20.0 Å². The lowest BCUT2D eigenvalue weighted by Crippen LogP contribution is -2.14. The standard InChI is InChI=1S/C13H16O4S/c1-4-17-13(15)12(18-3)10-7-9(8-14)5-6-11(10)16-2/h5-8,12H,4H2,1-3H3/t12-/m1/s1. The number of ether oxygens (including phenoxy) is 2. The summed E-state index contributed by atoms with van der Waals surface area (Å²) in [7, 11) is 1.53. The van der Waals surface area contributed by atoms with E-state index in [-0.39, 0.29) is 5.97 Å². The predicted molar refractivity (Wildman–Crippen MR) is 71.3 cm³/mol. The molecule has 1 rings (SSSR count). The largest absolute Gasteiger partial charge is 0.496 e. The first-order chi connectivity index (χ1) is 8.67. The number of methoxy groups -OCH3 is 1. The first kappa shape index (κ1) is 14.6. The molecule has 0 aromatic heterocycles.